The Morgan fingerprint density at radius 2 is 2.09 bits per heavy atom. The quantitative estimate of drug-likeness (QED) is 0.411. The number of carbonyl (C=O) groups is 1. The van der Waals surface area contributed by atoms with Crippen molar-refractivity contribution in [1.29, 1.82) is 0 Å². The van der Waals surface area contributed by atoms with Crippen LogP contribution in [0.25, 0.3) is 11.2 Å². The van der Waals surface area contributed by atoms with Gasteiger partial charge in [0.25, 0.3) is 0 Å². The highest BCUT2D eigenvalue weighted by Crippen LogP contribution is 2.32. The first-order chi connectivity index (χ1) is 16.0. The zero-order valence-electron chi connectivity index (χ0n) is 17.9. The van der Waals surface area contributed by atoms with Gasteiger partial charge in [-0.2, -0.15) is 0 Å². The third-order valence-electron chi connectivity index (χ3n) is 6.16. The van der Waals surface area contributed by atoms with E-state index in [0.717, 1.165) is 24.2 Å². The third-order valence-corrected chi connectivity index (χ3v) is 6.16. The van der Waals surface area contributed by atoms with Crippen molar-refractivity contribution in [2.45, 2.75) is 62.8 Å². The van der Waals surface area contributed by atoms with Crippen molar-refractivity contribution in [2.24, 2.45) is 5.73 Å². The van der Waals surface area contributed by atoms with Crippen LogP contribution in [0.5, 0.6) is 5.75 Å². The molecule has 0 spiro atoms. The van der Waals surface area contributed by atoms with Gasteiger partial charge in [0, 0.05) is 6.54 Å². The lowest BCUT2D eigenvalue weighted by Gasteiger charge is -2.16. The molecule has 11 nitrogen and oxygen atoms in total. The smallest absolute Gasteiger partial charge is 0.334 e. The van der Waals surface area contributed by atoms with Gasteiger partial charge in [0.2, 0.25) is 0 Å². The Labute approximate surface area is 189 Å². The molecule has 33 heavy (non-hydrogen) atoms. The first kappa shape index (κ1) is 21.6. The number of fused-ring (bicyclic) bond motifs is 1. The summed E-state index contributed by atoms with van der Waals surface area (Å²) in [5.41, 5.74) is 7.72. The molecular formula is C22H26N6O5. The van der Waals surface area contributed by atoms with Crippen molar-refractivity contribution in [3.8, 4) is 5.75 Å². The molecular weight excluding hydrogens is 428 g/mol. The van der Waals surface area contributed by atoms with Gasteiger partial charge >= 0.3 is 5.97 Å². The molecule has 2 aromatic heterocycles. The molecule has 5 N–H and O–H groups in total. The van der Waals surface area contributed by atoms with Crippen molar-refractivity contribution in [3.63, 3.8) is 0 Å². The number of aromatic nitrogens is 4. The van der Waals surface area contributed by atoms with Crippen molar-refractivity contribution in [1.82, 2.24) is 19.5 Å². The molecule has 1 aromatic carbocycles. The standard InChI is InChI=1S/C22H26N6O5/c23-15-17(29)21(33-18(15)22(30)31)28-11-27-16-19(25-10-26-20(16)28)24-9-12-4-3-7-14(8-12)32-13-5-1-2-6-13/h3-4,7-8,10-11,13,15,17-18,21,29H,1-2,5-6,9,23H2,(H,30,31)(H,24,25,26)/t15-,17+,18-,21+/m0/s1. The van der Waals surface area contributed by atoms with Gasteiger partial charge in [0.05, 0.1) is 18.5 Å². The van der Waals surface area contributed by atoms with E-state index in [4.69, 9.17) is 15.2 Å². The largest absolute Gasteiger partial charge is 0.490 e. The van der Waals surface area contributed by atoms with Crippen molar-refractivity contribution in [3.05, 3.63) is 42.5 Å². The fourth-order valence-electron chi connectivity index (χ4n) is 4.42. The average Bonchev–Trinajstić information content (AvgIpc) is 3.53. The minimum atomic E-state index is -1.32. The number of nitrogens with zero attached hydrogens (tertiary/aromatic N) is 4. The maximum atomic E-state index is 11.3. The number of nitrogens with two attached hydrogens (primary N) is 1. The Kier molecular flexibility index (Phi) is 5.83. The molecule has 2 fully saturated rings. The number of aliphatic hydroxyl groups is 1. The minimum Gasteiger partial charge on any atom is -0.490 e. The summed E-state index contributed by atoms with van der Waals surface area (Å²) in [5, 5.41) is 23.0. The van der Waals surface area contributed by atoms with E-state index in [1.807, 2.05) is 24.3 Å². The molecule has 2 aliphatic rings. The second kappa shape index (κ2) is 8.93. The zero-order chi connectivity index (χ0) is 22.9. The van der Waals surface area contributed by atoms with Crippen LogP contribution in [0.1, 0.15) is 37.5 Å². The van der Waals surface area contributed by atoms with E-state index in [1.54, 1.807) is 0 Å². The van der Waals surface area contributed by atoms with E-state index < -0.39 is 30.4 Å². The number of carboxylic acids is 1. The summed E-state index contributed by atoms with van der Waals surface area (Å²) in [6.07, 6.45) is 4.17. The van der Waals surface area contributed by atoms with Crippen LogP contribution in [0.2, 0.25) is 0 Å². The van der Waals surface area contributed by atoms with Crippen LogP contribution in [-0.4, -0.2) is 60.1 Å². The molecule has 0 bridgehead atoms. The monoisotopic (exact) mass is 454 g/mol. The Balaban J connectivity index is 1.32. The lowest BCUT2D eigenvalue weighted by molar-refractivity contribution is -0.152. The predicted octanol–water partition coefficient (Wildman–Crippen LogP) is 1.43. The molecule has 5 rings (SSSR count). The Hall–Kier alpha value is -3.28. The van der Waals surface area contributed by atoms with Gasteiger partial charge < -0.3 is 30.7 Å². The second-order valence-corrected chi connectivity index (χ2v) is 8.43. The number of aliphatic carboxylic acids is 1. The molecule has 1 saturated carbocycles. The van der Waals surface area contributed by atoms with Crippen LogP contribution in [0, 0.1) is 0 Å². The number of carboxylic acid groups (broad SMARTS) is 1. The van der Waals surface area contributed by atoms with Gasteiger partial charge in [-0.15, -0.1) is 0 Å². The van der Waals surface area contributed by atoms with Crippen LogP contribution in [0.15, 0.2) is 36.9 Å². The molecule has 1 saturated heterocycles. The highest BCUT2D eigenvalue weighted by Gasteiger charge is 2.46. The number of benzene rings is 1. The SMILES string of the molecule is N[C@H]1[C@@H](O)[C@H](n2cnc3c(NCc4cccc(OC5CCCC5)c4)ncnc32)O[C@@H]1C(=O)O. The number of ether oxygens (including phenoxy) is 2. The Bertz CT molecular complexity index is 1150. The van der Waals surface area contributed by atoms with Gasteiger partial charge in [-0.3, -0.25) is 4.57 Å². The lowest BCUT2D eigenvalue weighted by atomic mass is 10.1. The molecule has 0 radical (unpaired) electrons. The summed E-state index contributed by atoms with van der Waals surface area (Å²) in [4.78, 5) is 24.3. The summed E-state index contributed by atoms with van der Waals surface area (Å²) >= 11 is 0. The summed E-state index contributed by atoms with van der Waals surface area (Å²) in [5.74, 6) is 0.132. The van der Waals surface area contributed by atoms with Crippen LogP contribution >= 0.6 is 0 Å². The number of rotatable bonds is 7. The van der Waals surface area contributed by atoms with Gasteiger partial charge in [-0.25, -0.2) is 19.7 Å². The highest BCUT2D eigenvalue weighted by atomic mass is 16.6. The van der Waals surface area contributed by atoms with Crippen molar-refractivity contribution < 1.29 is 24.5 Å². The van der Waals surface area contributed by atoms with Crippen LogP contribution < -0.4 is 15.8 Å². The molecule has 11 heteroatoms. The molecule has 0 unspecified atom stereocenters. The van der Waals surface area contributed by atoms with E-state index in [2.05, 4.69) is 20.3 Å². The molecule has 1 aliphatic carbocycles. The molecule has 3 aromatic rings. The Morgan fingerprint density at radius 3 is 2.85 bits per heavy atom. The summed E-state index contributed by atoms with van der Waals surface area (Å²) in [7, 11) is 0. The number of nitrogens with one attached hydrogen (secondary N) is 1. The summed E-state index contributed by atoms with van der Waals surface area (Å²) < 4.78 is 13.1. The maximum absolute atomic E-state index is 11.3. The molecule has 0 amide bonds. The van der Waals surface area contributed by atoms with E-state index in [9.17, 15) is 15.0 Å². The third kappa shape index (κ3) is 4.22. The summed E-state index contributed by atoms with van der Waals surface area (Å²) in [6.45, 7) is 0.495. The molecule has 3 heterocycles. The van der Waals surface area contributed by atoms with Crippen molar-refractivity contribution in [2.75, 3.05) is 5.32 Å². The normalized spacial score (nSPS) is 25.5. The molecule has 1 aliphatic heterocycles. The fraction of sp³-hybridized carbons (Fsp3) is 0.455. The number of imidazole rings is 1. The number of hydrogen-bond acceptors (Lipinski definition) is 9. The zero-order valence-corrected chi connectivity index (χ0v) is 17.9. The highest BCUT2D eigenvalue weighted by molar-refractivity contribution is 5.82. The first-order valence-corrected chi connectivity index (χ1v) is 11.0. The molecule has 174 valence electrons. The van der Waals surface area contributed by atoms with Crippen LogP contribution in [0.3, 0.4) is 0 Å². The van der Waals surface area contributed by atoms with E-state index in [-0.39, 0.29) is 0 Å². The second-order valence-electron chi connectivity index (χ2n) is 8.43. The summed E-state index contributed by atoms with van der Waals surface area (Å²) in [6, 6.07) is 6.88. The van der Waals surface area contributed by atoms with Gasteiger partial charge in [-0.1, -0.05) is 12.1 Å². The predicted molar refractivity (Wildman–Crippen MR) is 118 cm³/mol. The number of aliphatic hydroxyl groups excluding tert-OH is 1. The van der Waals surface area contributed by atoms with Gasteiger partial charge in [0.1, 0.15) is 18.2 Å². The first-order valence-electron chi connectivity index (χ1n) is 11.0. The van der Waals surface area contributed by atoms with Crippen molar-refractivity contribution >= 4 is 23.0 Å². The number of anilines is 1. The minimum absolute atomic E-state index is 0.292. The van der Waals surface area contributed by atoms with Crippen LogP contribution in [0.4, 0.5) is 5.82 Å². The maximum Gasteiger partial charge on any atom is 0.334 e. The van der Waals surface area contributed by atoms with Gasteiger partial charge in [-0.05, 0) is 43.4 Å². The average molecular weight is 454 g/mol. The van der Waals surface area contributed by atoms with Crippen LogP contribution in [-0.2, 0) is 16.1 Å². The van der Waals surface area contributed by atoms with E-state index in [0.29, 0.717) is 29.6 Å². The Morgan fingerprint density at radius 1 is 1.27 bits per heavy atom. The topological polar surface area (TPSA) is 158 Å². The lowest BCUT2D eigenvalue weighted by Crippen LogP contribution is -2.43. The van der Waals surface area contributed by atoms with E-state index >= 15 is 0 Å². The molecule has 4 atom stereocenters. The number of hydrogen-bond donors (Lipinski definition) is 4. The fourth-order valence-corrected chi connectivity index (χ4v) is 4.42. The van der Waals surface area contributed by atoms with E-state index in [1.165, 1.54) is 30.1 Å². The van der Waals surface area contributed by atoms with Gasteiger partial charge in [0.15, 0.2) is 29.3 Å².